The summed E-state index contributed by atoms with van der Waals surface area (Å²) < 4.78 is 15.4. The van der Waals surface area contributed by atoms with Gasteiger partial charge in [0, 0.05) is 33.7 Å². The predicted octanol–water partition coefficient (Wildman–Crippen LogP) is 2.93. The summed E-state index contributed by atoms with van der Waals surface area (Å²) in [7, 11) is 1.50. The molecule has 2 aromatic carbocycles. The maximum atomic E-state index is 12.0. The first kappa shape index (κ1) is 19.4. The van der Waals surface area contributed by atoms with Crippen molar-refractivity contribution >= 4 is 34.4 Å². The van der Waals surface area contributed by atoms with Crippen LogP contribution in [0.15, 0.2) is 57.7 Å². The first-order chi connectivity index (χ1) is 13.5. The molecule has 0 saturated heterocycles. The van der Waals surface area contributed by atoms with Crippen molar-refractivity contribution in [3.8, 4) is 5.75 Å². The number of hydrogen-bond donors (Lipinski definition) is 1. The molecule has 7 nitrogen and oxygen atoms in total. The van der Waals surface area contributed by atoms with Gasteiger partial charge in [0.05, 0.1) is 7.11 Å². The Morgan fingerprint density at radius 3 is 2.57 bits per heavy atom. The third-order valence-corrected chi connectivity index (χ3v) is 4.18. The van der Waals surface area contributed by atoms with Crippen molar-refractivity contribution in [1.29, 1.82) is 0 Å². The Bertz CT molecular complexity index is 1070. The molecule has 1 heterocycles. The van der Waals surface area contributed by atoms with E-state index in [2.05, 4.69) is 5.32 Å². The Morgan fingerprint density at radius 2 is 1.86 bits per heavy atom. The summed E-state index contributed by atoms with van der Waals surface area (Å²) in [6, 6.07) is 12.5. The summed E-state index contributed by atoms with van der Waals surface area (Å²) in [5.41, 5.74) is 0.626. The number of carbonyl (C=O) groups is 2. The fraction of sp³-hybridized carbons (Fsp3) is 0.150. The van der Waals surface area contributed by atoms with Crippen LogP contribution in [0.2, 0.25) is 5.02 Å². The van der Waals surface area contributed by atoms with E-state index in [1.165, 1.54) is 13.2 Å². The van der Waals surface area contributed by atoms with Crippen LogP contribution in [-0.4, -0.2) is 25.5 Å². The topological polar surface area (TPSA) is 94.8 Å². The van der Waals surface area contributed by atoms with E-state index in [0.717, 1.165) is 0 Å². The van der Waals surface area contributed by atoms with Gasteiger partial charge in [-0.2, -0.15) is 0 Å². The highest BCUT2D eigenvalue weighted by Gasteiger charge is 2.12. The number of nitrogens with one attached hydrogen (secondary N) is 1. The van der Waals surface area contributed by atoms with Gasteiger partial charge in [0.1, 0.15) is 24.5 Å². The molecular weight excluding hydrogens is 386 g/mol. The molecule has 8 heteroatoms. The van der Waals surface area contributed by atoms with E-state index in [1.807, 2.05) is 0 Å². The number of amides is 1. The summed E-state index contributed by atoms with van der Waals surface area (Å²) >= 11 is 5.77. The predicted molar refractivity (Wildman–Crippen MR) is 103 cm³/mol. The van der Waals surface area contributed by atoms with Crippen molar-refractivity contribution in [2.24, 2.45) is 0 Å². The molecule has 1 aromatic heterocycles. The Balaban J connectivity index is 1.62. The lowest BCUT2D eigenvalue weighted by Gasteiger charge is -2.09. The summed E-state index contributed by atoms with van der Waals surface area (Å²) in [6.07, 6.45) is 0. The average Bonchev–Trinajstić information content (AvgIpc) is 2.70. The number of fused-ring (bicyclic) bond motifs is 1. The zero-order chi connectivity index (χ0) is 20.1. The Labute approximate surface area is 164 Å². The molecule has 0 atom stereocenters. The van der Waals surface area contributed by atoms with Crippen LogP contribution < -0.4 is 15.7 Å². The second kappa shape index (κ2) is 8.58. The van der Waals surface area contributed by atoms with Crippen LogP contribution in [0.1, 0.15) is 15.9 Å². The van der Waals surface area contributed by atoms with Crippen LogP contribution >= 0.6 is 11.6 Å². The Kier molecular flexibility index (Phi) is 5.96. The molecule has 0 saturated carbocycles. The quantitative estimate of drug-likeness (QED) is 0.504. The van der Waals surface area contributed by atoms with Gasteiger partial charge in [-0.15, -0.1) is 0 Å². The second-order valence-corrected chi connectivity index (χ2v) is 6.24. The minimum Gasteiger partial charge on any atom is -0.497 e. The Hall–Kier alpha value is -3.32. The van der Waals surface area contributed by atoms with Crippen LogP contribution in [-0.2, 0) is 16.1 Å². The average molecular weight is 402 g/mol. The fourth-order valence-corrected chi connectivity index (χ4v) is 2.65. The van der Waals surface area contributed by atoms with Gasteiger partial charge in [0.2, 0.25) is 0 Å². The molecule has 0 bridgehead atoms. The molecule has 0 aliphatic heterocycles. The monoisotopic (exact) mass is 401 g/mol. The van der Waals surface area contributed by atoms with E-state index in [-0.39, 0.29) is 13.2 Å². The fourth-order valence-electron chi connectivity index (χ4n) is 2.52. The minimum absolute atomic E-state index is 0.135. The number of hydrogen-bond acceptors (Lipinski definition) is 6. The molecule has 0 unspecified atom stereocenters. The number of esters is 1. The first-order valence-corrected chi connectivity index (χ1v) is 8.64. The summed E-state index contributed by atoms with van der Waals surface area (Å²) in [5.74, 6) is -0.529. The maximum absolute atomic E-state index is 12.0. The van der Waals surface area contributed by atoms with Gasteiger partial charge in [-0.3, -0.25) is 9.59 Å². The Morgan fingerprint density at radius 1 is 1.11 bits per heavy atom. The molecule has 28 heavy (non-hydrogen) atoms. The van der Waals surface area contributed by atoms with E-state index in [4.69, 9.17) is 25.5 Å². The highest BCUT2D eigenvalue weighted by atomic mass is 35.5. The highest BCUT2D eigenvalue weighted by Crippen LogP contribution is 2.23. The molecule has 0 fully saturated rings. The van der Waals surface area contributed by atoms with Crippen molar-refractivity contribution in [3.63, 3.8) is 0 Å². The van der Waals surface area contributed by atoms with Crippen molar-refractivity contribution in [2.45, 2.75) is 6.61 Å². The van der Waals surface area contributed by atoms with Gasteiger partial charge in [0.25, 0.3) is 5.91 Å². The maximum Gasteiger partial charge on any atom is 0.336 e. The number of rotatable bonds is 6. The van der Waals surface area contributed by atoms with E-state index in [9.17, 15) is 14.4 Å². The zero-order valence-corrected chi connectivity index (χ0v) is 15.6. The lowest BCUT2D eigenvalue weighted by molar-refractivity contribution is -0.143. The van der Waals surface area contributed by atoms with Gasteiger partial charge in [0.15, 0.2) is 0 Å². The zero-order valence-electron chi connectivity index (χ0n) is 14.9. The summed E-state index contributed by atoms with van der Waals surface area (Å²) in [6.45, 7) is -0.446. The van der Waals surface area contributed by atoms with Gasteiger partial charge in [-0.25, -0.2) is 4.79 Å². The molecule has 0 spiro atoms. The highest BCUT2D eigenvalue weighted by molar-refractivity contribution is 6.30. The molecule has 0 aliphatic carbocycles. The van der Waals surface area contributed by atoms with Gasteiger partial charge < -0.3 is 19.2 Å². The standard InChI is InChI=1S/C20H16ClNO6/c1-26-15-6-7-16-13(8-18(23)28-17(16)9-15)11-27-19(24)10-22-20(25)12-2-4-14(21)5-3-12/h2-9H,10-11H2,1H3,(H,22,25). The molecule has 1 amide bonds. The number of ether oxygens (including phenoxy) is 2. The molecule has 144 valence electrons. The van der Waals surface area contributed by atoms with E-state index in [0.29, 0.717) is 32.9 Å². The first-order valence-electron chi connectivity index (χ1n) is 8.26. The van der Waals surface area contributed by atoms with Crippen LogP contribution in [0.25, 0.3) is 11.0 Å². The third kappa shape index (κ3) is 4.69. The SMILES string of the molecule is COc1ccc2c(COC(=O)CNC(=O)c3ccc(Cl)cc3)cc(=O)oc2c1. The molecule has 3 rings (SSSR count). The van der Waals surface area contributed by atoms with Crippen molar-refractivity contribution in [3.05, 3.63) is 75.1 Å². The molecule has 1 N–H and O–H groups in total. The normalized spacial score (nSPS) is 10.5. The summed E-state index contributed by atoms with van der Waals surface area (Å²) in [4.78, 5) is 35.7. The van der Waals surface area contributed by atoms with Crippen LogP contribution in [0.3, 0.4) is 0 Å². The second-order valence-electron chi connectivity index (χ2n) is 5.80. The molecule has 0 radical (unpaired) electrons. The molecule has 3 aromatic rings. The van der Waals surface area contributed by atoms with Crippen LogP contribution in [0, 0.1) is 0 Å². The molecular formula is C20H16ClNO6. The minimum atomic E-state index is -0.641. The number of methoxy groups -OCH3 is 1. The van der Waals surface area contributed by atoms with Crippen molar-refractivity contribution in [2.75, 3.05) is 13.7 Å². The van der Waals surface area contributed by atoms with E-state index < -0.39 is 17.5 Å². The number of halogens is 1. The number of carbonyl (C=O) groups excluding carboxylic acids is 2. The lowest BCUT2D eigenvalue weighted by atomic mass is 10.1. The van der Waals surface area contributed by atoms with Crippen molar-refractivity contribution < 1.29 is 23.5 Å². The number of benzene rings is 2. The van der Waals surface area contributed by atoms with E-state index >= 15 is 0 Å². The van der Waals surface area contributed by atoms with Crippen LogP contribution in [0.4, 0.5) is 0 Å². The summed E-state index contributed by atoms with van der Waals surface area (Å²) in [5, 5.41) is 3.60. The van der Waals surface area contributed by atoms with Crippen LogP contribution in [0.5, 0.6) is 5.75 Å². The largest absolute Gasteiger partial charge is 0.497 e. The van der Waals surface area contributed by atoms with E-state index in [1.54, 1.807) is 42.5 Å². The van der Waals surface area contributed by atoms with Crippen molar-refractivity contribution in [1.82, 2.24) is 5.32 Å². The van der Waals surface area contributed by atoms with Gasteiger partial charge >= 0.3 is 11.6 Å². The third-order valence-electron chi connectivity index (χ3n) is 3.93. The van der Waals surface area contributed by atoms with Gasteiger partial charge in [-0.05, 0) is 36.4 Å². The lowest BCUT2D eigenvalue weighted by Crippen LogP contribution is -2.30. The smallest absolute Gasteiger partial charge is 0.336 e. The van der Waals surface area contributed by atoms with Gasteiger partial charge in [-0.1, -0.05) is 11.6 Å². The molecule has 0 aliphatic rings.